The third kappa shape index (κ3) is 1.18. The lowest BCUT2D eigenvalue weighted by molar-refractivity contribution is 0.0600. The topological polar surface area (TPSA) is 69.4 Å². The molecule has 0 unspecified atom stereocenters. The third-order valence-electron chi connectivity index (χ3n) is 2.20. The number of rotatable bonds is 1. The van der Waals surface area contributed by atoms with E-state index in [1.807, 2.05) is 0 Å². The van der Waals surface area contributed by atoms with Crippen LogP contribution in [0, 0.1) is 0 Å². The Morgan fingerprint density at radius 2 is 2.44 bits per heavy atom. The average Bonchev–Trinajstić information content (AvgIpc) is 2.86. The average molecular weight is 234 g/mol. The number of aromatic nitrogens is 4. The number of carbonyl (C=O) groups is 1. The van der Waals surface area contributed by atoms with Crippen molar-refractivity contribution in [3.63, 3.8) is 0 Å². The second-order valence-electron chi connectivity index (χ2n) is 3.12. The van der Waals surface area contributed by atoms with Crippen molar-refractivity contribution in [1.29, 1.82) is 0 Å². The third-order valence-corrected chi connectivity index (χ3v) is 3.18. The molecule has 0 fully saturated rings. The van der Waals surface area contributed by atoms with Gasteiger partial charge in [0.1, 0.15) is 6.33 Å². The van der Waals surface area contributed by atoms with Crippen LogP contribution in [0.25, 0.3) is 15.3 Å². The summed E-state index contributed by atoms with van der Waals surface area (Å²) in [6, 6.07) is 1.74. The van der Waals surface area contributed by atoms with Crippen molar-refractivity contribution in [3.8, 4) is 0 Å². The zero-order valence-electron chi connectivity index (χ0n) is 8.25. The number of fused-ring (bicyclic) bond motifs is 3. The van der Waals surface area contributed by atoms with E-state index >= 15 is 0 Å². The summed E-state index contributed by atoms with van der Waals surface area (Å²) in [7, 11) is 1.34. The van der Waals surface area contributed by atoms with Gasteiger partial charge in [-0.3, -0.25) is 4.40 Å². The monoisotopic (exact) mass is 234 g/mol. The number of pyridine rings is 1. The second-order valence-corrected chi connectivity index (χ2v) is 4.13. The van der Waals surface area contributed by atoms with Gasteiger partial charge >= 0.3 is 5.97 Å². The molecular weight excluding hydrogens is 228 g/mol. The molecule has 0 radical (unpaired) electrons. The first-order valence-electron chi connectivity index (χ1n) is 4.46. The van der Waals surface area contributed by atoms with Gasteiger partial charge < -0.3 is 4.74 Å². The predicted molar refractivity (Wildman–Crippen MR) is 57.5 cm³/mol. The summed E-state index contributed by atoms with van der Waals surface area (Å²) in [5.74, 6) is -0.390. The van der Waals surface area contributed by atoms with E-state index in [-0.39, 0.29) is 0 Å². The van der Waals surface area contributed by atoms with Crippen LogP contribution in [0.2, 0.25) is 0 Å². The molecule has 3 aromatic rings. The number of carbonyl (C=O) groups excluding carboxylic acids is 1. The molecule has 7 heteroatoms. The van der Waals surface area contributed by atoms with Crippen LogP contribution in [0.3, 0.4) is 0 Å². The van der Waals surface area contributed by atoms with Gasteiger partial charge in [0.05, 0.1) is 17.4 Å². The highest BCUT2D eigenvalue weighted by molar-refractivity contribution is 7.23. The van der Waals surface area contributed by atoms with Gasteiger partial charge in [-0.2, -0.15) is 0 Å². The number of ether oxygens (including phenoxy) is 1. The molecule has 0 saturated heterocycles. The van der Waals surface area contributed by atoms with E-state index in [4.69, 9.17) is 0 Å². The molecule has 3 aromatic heterocycles. The molecular formula is C9H6N4O2S. The van der Waals surface area contributed by atoms with Gasteiger partial charge in [-0.15, -0.1) is 10.2 Å². The standard InChI is InChI=1S/C9H6N4O2S/c1-15-8(14)5-2-6-7(10-3-5)13-4-11-12-9(13)16-6/h2-4H,1H3. The predicted octanol–water partition coefficient (Wildman–Crippen LogP) is 1.13. The van der Waals surface area contributed by atoms with Crippen LogP contribution < -0.4 is 0 Å². The molecule has 16 heavy (non-hydrogen) atoms. The van der Waals surface area contributed by atoms with Crippen molar-refractivity contribution in [2.45, 2.75) is 0 Å². The lowest BCUT2D eigenvalue weighted by Crippen LogP contribution is -2.01. The van der Waals surface area contributed by atoms with Crippen LogP contribution in [0.1, 0.15) is 10.4 Å². The summed E-state index contributed by atoms with van der Waals surface area (Å²) < 4.78 is 7.29. The van der Waals surface area contributed by atoms with E-state index < -0.39 is 5.97 Å². The summed E-state index contributed by atoms with van der Waals surface area (Å²) in [4.78, 5) is 16.3. The smallest absolute Gasteiger partial charge is 0.339 e. The van der Waals surface area contributed by atoms with Crippen molar-refractivity contribution < 1.29 is 9.53 Å². The highest BCUT2D eigenvalue weighted by Gasteiger charge is 2.11. The molecule has 0 saturated carbocycles. The Labute approximate surface area is 93.5 Å². The van der Waals surface area contributed by atoms with Crippen molar-refractivity contribution in [2.24, 2.45) is 0 Å². The molecule has 0 aliphatic carbocycles. The number of nitrogens with zero attached hydrogens (tertiary/aromatic N) is 4. The SMILES string of the molecule is COC(=O)c1cnc2c(c1)sc1nncn12. The van der Waals surface area contributed by atoms with Crippen molar-refractivity contribution >= 4 is 32.6 Å². The summed E-state index contributed by atoms with van der Waals surface area (Å²) >= 11 is 1.43. The molecule has 0 aromatic carbocycles. The molecule has 0 N–H and O–H groups in total. The Bertz CT molecular complexity index is 687. The first-order chi connectivity index (χ1) is 7.79. The highest BCUT2D eigenvalue weighted by Crippen LogP contribution is 2.23. The number of hydrogen-bond acceptors (Lipinski definition) is 6. The maximum atomic E-state index is 11.3. The lowest BCUT2D eigenvalue weighted by Gasteiger charge is -1.97. The Kier molecular flexibility index (Phi) is 1.87. The number of methoxy groups -OCH3 is 1. The zero-order valence-corrected chi connectivity index (χ0v) is 9.06. The van der Waals surface area contributed by atoms with E-state index in [2.05, 4.69) is 19.9 Å². The van der Waals surface area contributed by atoms with E-state index in [0.29, 0.717) is 5.56 Å². The quantitative estimate of drug-likeness (QED) is 0.590. The van der Waals surface area contributed by atoms with Gasteiger partial charge in [0.2, 0.25) is 4.96 Å². The van der Waals surface area contributed by atoms with E-state index in [1.165, 1.54) is 24.6 Å². The zero-order chi connectivity index (χ0) is 11.1. The molecule has 3 rings (SSSR count). The molecule has 0 amide bonds. The Morgan fingerprint density at radius 3 is 3.25 bits per heavy atom. The van der Waals surface area contributed by atoms with Crippen LogP contribution in [-0.4, -0.2) is 32.7 Å². The Hall–Kier alpha value is -2.02. The number of thiazole rings is 1. The molecule has 0 aliphatic rings. The van der Waals surface area contributed by atoms with Crippen LogP contribution >= 0.6 is 11.3 Å². The molecule has 80 valence electrons. The van der Waals surface area contributed by atoms with Crippen LogP contribution in [-0.2, 0) is 4.74 Å². The van der Waals surface area contributed by atoms with E-state index in [9.17, 15) is 4.79 Å². The minimum Gasteiger partial charge on any atom is -0.465 e. The highest BCUT2D eigenvalue weighted by atomic mass is 32.1. The fraction of sp³-hybridized carbons (Fsp3) is 0.111. The molecule has 3 heterocycles. The lowest BCUT2D eigenvalue weighted by atomic mass is 10.3. The number of esters is 1. The Balaban J connectivity index is 2.28. The van der Waals surface area contributed by atoms with Gasteiger partial charge in [0.15, 0.2) is 5.65 Å². The first kappa shape index (κ1) is 9.22. The fourth-order valence-electron chi connectivity index (χ4n) is 1.46. The van der Waals surface area contributed by atoms with Crippen molar-refractivity contribution in [2.75, 3.05) is 7.11 Å². The van der Waals surface area contributed by atoms with E-state index in [0.717, 1.165) is 15.3 Å². The largest absolute Gasteiger partial charge is 0.465 e. The summed E-state index contributed by atoms with van der Waals surface area (Å²) in [5, 5.41) is 7.70. The van der Waals surface area contributed by atoms with Crippen LogP contribution in [0.5, 0.6) is 0 Å². The molecule has 6 nitrogen and oxygen atoms in total. The number of hydrogen-bond donors (Lipinski definition) is 0. The molecule has 0 spiro atoms. The fourth-order valence-corrected chi connectivity index (χ4v) is 2.41. The van der Waals surface area contributed by atoms with Crippen molar-refractivity contribution in [3.05, 3.63) is 24.2 Å². The molecule has 0 bridgehead atoms. The normalized spacial score (nSPS) is 11.1. The Morgan fingerprint density at radius 1 is 1.56 bits per heavy atom. The van der Waals surface area contributed by atoms with Gasteiger partial charge in [0, 0.05) is 6.20 Å². The molecule has 0 atom stereocenters. The first-order valence-corrected chi connectivity index (χ1v) is 5.28. The minimum atomic E-state index is -0.390. The van der Waals surface area contributed by atoms with Gasteiger partial charge in [-0.25, -0.2) is 9.78 Å². The second kappa shape index (κ2) is 3.24. The maximum Gasteiger partial charge on any atom is 0.339 e. The van der Waals surface area contributed by atoms with Gasteiger partial charge in [-0.1, -0.05) is 11.3 Å². The van der Waals surface area contributed by atoms with Crippen LogP contribution in [0.15, 0.2) is 18.6 Å². The summed E-state index contributed by atoms with van der Waals surface area (Å²) in [5.41, 5.74) is 1.19. The minimum absolute atomic E-state index is 0.390. The van der Waals surface area contributed by atoms with Crippen molar-refractivity contribution in [1.82, 2.24) is 19.6 Å². The maximum absolute atomic E-state index is 11.3. The molecule has 0 aliphatic heterocycles. The van der Waals surface area contributed by atoms with E-state index in [1.54, 1.807) is 16.8 Å². The summed E-state index contributed by atoms with van der Waals surface area (Å²) in [6.45, 7) is 0. The van der Waals surface area contributed by atoms with Gasteiger partial charge in [-0.05, 0) is 6.07 Å². The van der Waals surface area contributed by atoms with Crippen LogP contribution in [0.4, 0.5) is 0 Å². The van der Waals surface area contributed by atoms with Gasteiger partial charge in [0.25, 0.3) is 0 Å². The summed E-state index contributed by atoms with van der Waals surface area (Å²) in [6.07, 6.45) is 3.08.